The van der Waals surface area contributed by atoms with Gasteiger partial charge in [-0.05, 0) is 191 Å². The molecule has 0 amide bonds. The summed E-state index contributed by atoms with van der Waals surface area (Å²) in [4.78, 5) is 5.24. The maximum Gasteiger partial charge on any atom is 0.0709 e. The largest absolute Gasteiger partial charge is 0.309 e. The monoisotopic (exact) mass is 1150 g/mol. The second kappa shape index (κ2) is 20.4. The lowest BCUT2D eigenvalue weighted by atomic mass is 9.92. The van der Waals surface area contributed by atoms with Crippen molar-refractivity contribution in [2.24, 2.45) is 0 Å². The Morgan fingerprint density at radius 2 is 0.578 bits per heavy atom. The van der Waals surface area contributed by atoms with Crippen molar-refractivity contribution in [3.63, 3.8) is 0 Å². The molecule has 0 atom stereocenters. The Labute approximate surface area is 520 Å². The van der Waals surface area contributed by atoms with E-state index in [0.717, 1.165) is 89.5 Å². The van der Waals surface area contributed by atoms with Gasteiger partial charge in [0.05, 0.1) is 49.8 Å². The molecular formula is C85H57N5. The van der Waals surface area contributed by atoms with Gasteiger partial charge >= 0.3 is 0 Å². The minimum Gasteiger partial charge on any atom is -0.309 e. The SMILES string of the molecule is Cc1cccc(C)c1-c1cc(-c2ccc(-n3c4ccccc4c4ccccc43)cc2)cc(-n2c3ccccc3c3c(-c4ccnc(-c5cc(-c6ccc(-n7c8ccccc8c8ccccc87)cc6)cc(-n6c7ccccc7c7ccccc76)c5)c4)cccc32)c1. The molecule has 5 aromatic heterocycles. The van der Waals surface area contributed by atoms with Crippen LogP contribution in [0.1, 0.15) is 11.1 Å². The van der Waals surface area contributed by atoms with Crippen LogP contribution in [0, 0.1) is 13.8 Å². The quantitative estimate of drug-likeness (QED) is 0.142. The Morgan fingerprint density at radius 1 is 0.233 bits per heavy atom. The number of aromatic nitrogens is 5. The van der Waals surface area contributed by atoms with Crippen LogP contribution >= 0.6 is 0 Å². The smallest absolute Gasteiger partial charge is 0.0709 e. The van der Waals surface area contributed by atoms with Gasteiger partial charge in [-0.1, -0.05) is 182 Å². The van der Waals surface area contributed by atoms with Crippen LogP contribution in [0.2, 0.25) is 0 Å². The maximum atomic E-state index is 5.24. The van der Waals surface area contributed by atoms with E-state index in [-0.39, 0.29) is 0 Å². The normalized spacial score (nSPS) is 11.9. The van der Waals surface area contributed by atoms with Gasteiger partial charge in [-0.25, -0.2) is 0 Å². The lowest BCUT2D eigenvalue weighted by molar-refractivity contribution is 1.17. The number of fused-ring (bicyclic) bond motifs is 12. The van der Waals surface area contributed by atoms with E-state index >= 15 is 0 Å². The first-order valence-electron chi connectivity index (χ1n) is 31.0. The molecule has 0 aliphatic carbocycles. The van der Waals surface area contributed by atoms with Crippen molar-refractivity contribution in [3.05, 3.63) is 321 Å². The van der Waals surface area contributed by atoms with E-state index in [2.05, 4.69) is 335 Å². The fraction of sp³-hybridized carbons (Fsp3) is 0.0235. The summed E-state index contributed by atoms with van der Waals surface area (Å²) in [5.74, 6) is 0. The second-order valence-electron chi connectivity index (χ2n) is 24.0. The molecular weight excluding hydrogens is 1090 g/mol. The number of aryl methyl sites for hydroxylation is 2. The van der Waals surface area contributed by atoms with Crippen molar-refractivity contribution < 1.29 is 0 Å². The van der Waals surface area contributed by atoms with Gasteiger partial charge in [0.1, 0.15) is 0 Å². The van der Waals surface area contributed by atoms with Crippen LogP contribution < -0.4 is 0 Å². The van der Waals surface area contributed by atoms with Gasteiger partial charge in [0.25, 0.3) is 0 Å². The molecule has 13 aromatic carbocycles. The first-order chi connectivity index (χ1) is 44.5. The summed E-state index contributed by atoms with van der Waals surface area (Å²) in [7, 11) is 0. The van der Waals surface area contributed by atoms with Crippen LogP contribution in [-0.2, 0) is 0 Å². The molecule has 0 aliphatic heterocycles. The van der Waals surface area contributed by atoms with Crippen LogP contribution in [0.3, 0.4) is 0 Å². The lowest BCUT2D eigenvalue weighted by Gasteiger charge is -2.17. The summed E-state index contributed by atoms with van der Waals surface area (Å²) in [6.07, 6.45) is 1.99. The van der Waals surface area contributed by atoms with Crippen LogP contribution in [0.25, 0.3) is 166 Å². The number of para-hydroxylation sites is 7. The highest BCUT2D eigenvalue weighted by molar-refractivity contribution is 6.16. The minimum atomic E-state index is 0.897. The molecule has 0 saturated heterocycles. The van der Waals surface area contributed by atoms with Gasteiger partial charge in [0.2, 0.25) is 0 Å². The van der Waals surface area contributed by atoms with Crippen molar-refractivity contribution in [3.8, 4) is 78.5 Å². The molecule has 0 radical (unpaired) electrons. The van der Waals surface area contributed by atoms with Gasteiger partial charge in [-0.15, -0.1) is 0 Å². The zero-order chi connectivity index (χ0) is 59.6. The first kappa shape index (κ1) is 51.4. The average molecular weight is 1150 g/mol. The molecule has 0 saturated carbocycles. The molecule has 0 aliphatic rings. The van der Waals surface area contributed by atoms with Crippen molar-refractivity contribution in [1.29, 1.82) is 0 Å². The van der Waals surface area contributed by atoms with E-state index in [4.69, 9.17) is 4.98 Å². The molecule has 0 N–H and O–H groups in total. The molecule has 5 nitrogen and oxygen atoms in total. The van der Waals surface area contributed by atoms with Gasteiger partial charge in [0.15, 0.2) is 0 Å². The molecule has 0 unspecified atom stereocenters. The van der Waals surface area contributed by atoms with Crippen LogP contribution in [0.15, 0.2) is 310 Å². The average Bonchev–Trinajstić information content (AvgIpc) is 1.86. The third-order valence-electron chi connectivity index (χ3n) is 18.8. The Kier molecular flexibility index (Phi) is 11.7. The summed E-state index contributed by atoms with van der Waals surface area (Å²) in [6.45, 7) is 4.47. The number of rotatable bonds is 9. The van der Waals surface area contributed by atoms with Gasteiger partial charge in [-0.3, -0.25) is 4.98 Å². The zero-order valence-corrected chi connectivity index (χ0v) is 49.7. The number of pyridine rings is 1. The van der Waals surface area contributed by atoms with E-state index in [1.807, 2.05) is 6.20 Å². The molecule has 0 spiro atoms. The van der Waals surface area contributed by atoms with Gasteiger partial charge < -0.3 is 18.3 Å². The molecule has 90 heavy (non-hydrogen) atoms. The third-order valence-corrected chi connectivity index (χ3v) is 18.8. The van der Waals surface area contributed by atoms with E-state index in [0.29, 0.717) is 0 Å². The van der Waals surface area contributed by atoms with Crippen LogP contribution in [0.4, 0.5) is 0 Å². The number of nitrogens with zero attached hydrogens (tertiary/aromatic N) is 5. The molecule has 18 aromatic rings. The molecule has 422 valence electrons. The highest BCUT2D eigenvalue weighted by Gasteiger charge is 2.22. The van der Waals surface area contributed by atoms with Crippen molar-refractivity contribution in [1.82, 2.24) is 23.3 Å². The molecule has 18 rings (SSSR count). The van der Waals surface area contributed by atoms with Crippen molar-refractivity contribution in [2.45, 2.75) is 13.8 Å². The van der Waals surface area contributed by atoms with Gasteiger partial charge in [0, 0.05) is 77.6 Å². The first-order valence-corrected chi connectivity index (χ1v) is 31.0. The van der Waals surface area contributed by atoms with Crippen LogP contribution in [-0.4, -0.2) is 23.3 Å². The van der Waals surface area contributed by atoms with Crippen LogP contribution in [0.5, 0.6) is 0 Å². The highest BCUT2D eigenvalue weighted by Crippen LogP contribution is 2.44. The molecule has 0 bridgehead atoms. The summed E-state index contributed by atoms with van der Waals surface area (Å²) in [5, 5.41) is 9.85. The number of hydrogen-bond donors (Lipinski definition) is 0. The van der Waals surface area contributed by atoms with E-state index < -0.39 is 0 Å². The Hall–Kier alpha value is -11.8. The van der Waals surface area contributed by atoms with Crippen molar-refractivity contribution >= 4 is 87.2 Å². The fourth-order valence-electron chi connectivity index (χ4n) is 14.9. The minimum absolute atomic E-state index is 0.897. The van der Waals surface area contributed by atoms with Gasteiger partial charge in [-0.2, -0.15) is 0 Å². The lowest BCUT2D eigenvalue weighted by Crippen LogP contribution is -1.98. The predicted molar refractivity (Wildman–Crippen MR) is 378 cm³/mol. The molecule has 0 fully saturated rings. The number of benzene rings is 13. The number of hydrogen-bond acceptors (Lipinski definition) is 1. The zero-order valence-electron chi connectivity index (χ0n) is 49.7. The fourth-order valence-corrected chi connectivity index (χ4v) is 14.9. The van der Waals surface area contributed by atoms with E-state index in [1.54, 1.807) is 0 Å². The van der Waals surface area contributed by atoms with Crippen molar-refractivity contribution in [2.75, 3.05) is 0 Å². The molecule has 5 heterocycles. The highest BCUT2D eigenvalue weighted by atomic mass is 15.0. The maximum absolute atomic E-state index is 5.24. The topological polar surface area (TPSA) is 32.6 Å². The Balaban J connectivity index is 0.787. The molecule has 5 heteroatoms. The summed E-state index contributed by atoms with van der Waals surface area (Å²) < 4.78 is 9.68. The second-order valence-corrected chi connectivity index (χ2v) is 24.0. The van der Waals surface area contributed by atoms with E-state index in [9.17, 15) is 0 Å². The third kappa shape index (κ3) is 8.06. The van der Waals surface area contributed by atoms with E-state index in [1.165, 1.54) is 87.4 Å². The summed E-state index contributed by atoms with van der Waals surface area (Å²) >= 11 is 0. The summed E-state index contributed by atoms with van der Waals surface area (Å²) in [6, 6.07) is 112. The Morgan fingerprint density at radius 3 is 1.03 bits per heavy atom. The predicted octanol–water partition coefficient (Wildman–Crippen LogP) is 22.4. The summed E-state index contributed by atoms with van der Waals surface area (Å²) in [5.41, 5.74) is 27.5. The Bertz CT molecular complexity index is 5750. The standard InChI is InChI=1S/C85H57N5/c1-54-19-17-20-55(2)84(54)62-48-60(57-39-43-64(44-40-57)88-78-31-12-5-23-70(78)71-24-6-13-32-79(71)88)50-66(52-62)90-82-35-16-9-27-74(82)85-67(28-18-36-83(85)90)58-45-46-86-75(53-58)61-47-59(49-65(51-61)89-80-33-14-7-25-72(80)73-26-8-15-34-81(73)89)56-37-41-63(42-38-56)87-76-29-10-3-21-68(76)69-22-4-11-30-77(69)87/h3-53H,1-2H3.